The number of aryl methyl sites for hydroxylation is 1. The van der Waals surface area contributed by atoms with E-state index in [1.165, 1.54) is 30.2 Å². The molecular formula is C22H22N4OS2. The SMILES string of the molecule is Cc1nnc(SCC(=O)N2c3ccccc3SC[C@H]2c2ccccc2)n1C1CC1. The Hall–Kier alpha value is -2.25. The van der Waals surface area contributed by atoms with E-state index in [2.05, 4.69) is 39.0 Å². The molecule has 7 heteroatoms. The number of thioether (sulfide) groups is 2. The van der Waals surface area contributed by atoms with E-state index in [9.17, 15) is 4.79 Å². The van der Waals surface area contributed by atoms with Crippen LogP contribution in [0.15, 0.2) is 64.6 Å². The van der Waals surface area contributed by atoms with Crippen LogP contribution in [0.4, 0.5) is 5.69 Å². The molecule has 29 heavy (non-hydrogen) atoms. The fourth-order valence-electron chi connectivity index (χ4n) is 3.82. The van der Waals surface area contributed by atoms with Gasteiger partial charge in [0.05, 0.1) is 17.5 Å². The molecule has 2 heterocycles. The number of benzene rings is 2. The number of anilines is 1. The third-order valence-electron chi connectivity index (χ3n) is 5.36. The molecule has 1 atom stereocenters. The average Bonchev–Trinajstić information content (AvgIpc) is 3.53. The number of hydrogen-bond acceptors (Lipinski definition) is 5. The summed E-state index contributed by atoms with van der Waals surface area (Å²) >= 11 is 3.32. The Labute approximate surface area is 178 Å². The van der Waals surface area contributed by atoms with Crippen LogP contribution in [0.25, 0.3) is 0 Å². The van der Waals surface area contributed by atoms with Crippen molar-refractivity contribution in [1.82, 2.24) is 14.8 Å². The molecule has 5 nitrogen and oxygen atoms in total. The molecule has 1 fully saturated rings. The Morgan fingerprint density at radius 1 is 1.10 bits per heavy atom. The Bertz CT molecular complexity index is 1030. The molecule has 0 unspecified atom stereocenters. The summed E-state index contributed by atoms with van der Waals surface area (Å²) in [6, 6.07) is 19.1. The summed E-state index contributed by atoms with van der Waals surface area (Å²) in [6.45, 7) is 1.99. The average molecular weight is 423 g/mol. The monoisotopic (exact) mass is 422 g/mol. The lowest BCUT2D eigenvalue weighted by Gasteiger charge is -2.37. The van der Waals surface area contributed by atoms with E-state index in [1.807, 2.05) is 53.9 Å². The summed E-state index contributed by atoms with van der Waals surface area (Å²) in [6.07, 6.45) is 2.35. The minimum Gasteiger partial charge on any atom is -0.303 e. The van der Waals surface area contributed by atoms with Crippen LogP contribution in [0.2, 0.25) is 0 Å². The molecule has 1 saturated carbocycles. The minimum absolute atomic E-state index is 0.0345. The highest BCUT2D eigenvalue weighted by Crippen LogP contribution is 2.44. The van der Waals surface area contributed by atoms with Crippen LogP contribution < -0.4 is 4.90 Å². The summed E-state index contributed by atoms with van der Waals surface area (Å²) in [5.74, 6) is 2.26. The highest BCUT2D eigenvalue weighted by Gasteiger charge is 2.33. The van der Waals surface area contributed by atoms with E-state index in [-0.39, 0.29) is 11.9 Å². The molecule has 1 amide bonds. The number of fused-ring (bicyclic) bond motifs is 1. The highest BCUT2D eigenvalue weighted by atomic mass is 32.2. The van der Waals surface area contributed by atoms with Crippen molar-refractivity contribution in [3.05, 3.63) is 66.0 Å². The van der Waals surface area contributed by atoms with Crippen LogP contribution in [0.5, 0.6) is 0 Å². The molecule has 2 aromatic carbocycles. The van der Waals surface area contributed by atoms with Gasteiger partial charge in [-0.1, -0.05) is 54.2 Å². The van der Waals surface area contributed by atoms with Gasteiger partial charge in [-0.15, -0.1) is 22.0 Å². The van der Waals surface area contributed by atoms with Crippen molar-refractivity contribution in [3.8, 4) is 0 Å². The van der Waals surface area contributed by atoms with E-state index in [0.29, 0.717) is 11.8 Å². The van der Waals surface area contributed by atoms with Gasteiger partial charge in [-0.05, 0) is 37.5 Å². The van der Waals surface area contributed by atoms with Gasteiger partial charge in [0.2, 0.25) is 5.91 Å². The Morgan fingerprint density at radius 2 is 1.86 bits per heavy atom. The van der Waals surface area contributed by atoms with Gasteiger partial charge in [-0.2, -0.15) is 0 Å². The number of carbonyl (C=O) groups is 1. The third-order valence-corrected chi connectivity index (χ3v) is 7.42. The molecule has 0 saturated heterocycles. The van der Waals surface area contributed by atoms with Gasteiger partial charge in [-0.25, -0.2) is 0 Å². The van der Waals surface area contributed by atoms with Crippen molar-refractivity contribution in [2.75, 3.05) is 16.4 Å². The van der Waals surface area contributed by atoms with Gasteiger partial charge in [0, 0.05) is 16.7 Å². The van der Waals surface area contributed by atoms with Crippen LogP contribution in [0.3, 0.4) is 0 Å². The van der Waals surface area contributed by atoms with E-state index in [1.54, 1.807) is 0 Å². The van der Waals surface area contributed by atoms with E-state index in [4.69, 9.17) is 0 Å². The van der Waals surface area contributed by atoms with Crippen molar-refractivity contribution in [1.29, 1.82) is 0 Å². The molecule has 1 aliphatic carbocycles. The summed E-state index contributed by atoms with van der Waals surface area (Å²) < 4.78 is 2.19. The second kappa shape index (κ2) is 7.88. The first-order valence-electron chi connectivity index (χ1n) is 9.85. The Morgan fingerprint density at radius 3 is 2.66 bits per heavy atom. The molecule has 2 aliphatic rings. The number of aromatic nitrogens is 3. The summed E-state index contributed by atoms with van der Waals surface area (Å²) in [5.41, 5.74) is 2.17. The predicted octanol–water partition coefficient (Wildman–Crippen LogP) is 4.89. The van der Waals surface area contributed by atoms with Gasteiger partial charge in [0.1, 0.15) is 5.82 Å². The van der Waals surface area contributed by atoms with Crippen LogP contribution in [0.1, 0.15) is 36.3 Å². The molecule has 0 bridgehead atoms. The van der Waals surface area contributed by atoms with E-state index in [0.717, 1.165) is 27.3 Å². The normalized spacial score (nSPS) is 18.5. The Kier molecular flexibility index (Phi) is 5.09. The van der Waals surface area contributed by atoms with Crippen molar-refractivity contribution in [2.45, 2.75) is 41.9 Å². The van der Waals surface area contributed by atoms with Crippen molar-refractivity contribution in [2.24, 2.45) is 0 Å². The van der Waals surface area contributed by atoms with E-state index < -0.39 is 0 Å². The van der Waals surface area contributed by atoms with Crippen LogP contribution in [0, 0.1) is 6.92 Å². The van der Waals surface area contributed by atoms with Crippen molar-refractivity contribution >= 4 is 35.1 Å². The zero-order valence-electron chi connectivity index (χ0n) is 16.2. The molecule has 1 aromatic heterocycles. The zero-order chi connectivity index (χ0) is 19.8. The van der Waals surface area contributed by atoms with Gasteiger partial charge in [-0.3, -0.25) is 4.79 Å². The van der Waals surface area contributed by atoms with Crippen molar-refractivity contribution in [3.63, 3.8) is 0 Å². The maximum atomic E-state index is 13.5. The molecule has 5 rings (SSSR count). The first-order valence-corrected chi connectivity index (χ1v) is 11.8. The highest BCUT2D eigenvalue weighted by molar-refractivity contribution is 8.00. The fraction of sp³-hybridized carbons (Fsp3) is 0.318. The predicted molar refractivity (Wildman–Crippen MR) is 118 cm³/mol. The summed E-state index contributed by atoms with van der Waals surface area (Å²) in [5, 5.41) is 9.40. The van der Waals surface area contributed by atoms with Crippen LogP contribution >= 0.6 is 23.5 Å². The zero-order valence-corrected chi connectivity index (χ0v) is 17.8. The second-order valence-electron chi connectivity index (χ2n) is 7.39. The maximum Gasteiger partial charge on any atom is 0.238 e. The van der Waals surface area contributed by atoms with Crippen LogP contribution in [-0.4, -0.2) is 32.2 Å². The maximum absolute atomic E-state index is 13.5. The summed E-state index contributed by atoms with van der Waals surface area (Å²) in [4.78, 5) is 16.6. The minimum atomic E-state index is 0.0345. The second-order valence-corrected chi connectivity index (χ2v) is 9.39. The first-order chi connectivity index (χ1) is 14.2. The molecular weight excluding hydrogens is 400 g/mol. The van der Waals surface area contributed by atoms with Crippen molar-refractivity contribution < 1.29 is 4.79 Å². The van der Waals surface area contributed by atoms with Gasteiger partial charge in [0.15, 0.2) is 5.16 Å². The topological polar surface area (TPSA) is 51.0 Å². The lowest BCUT2D eigenvalue weighted by Crippen LogP contribution is -2.39. The number of carbonyl (C=O) groups excluding carboxylic acids is 1. The smallest absolute Gasteiger partial charge is 0.238 e. The molecule has 0 N–H and O–H groups in total. The molecule has 0 spiro atoms. The van der Waals surface area contributed by atoms with Gasteiger partial charge in [0.25, 0.3) is 0 Å². The molecule has 0 radical (unpaired) electrons. The molecule has 1 aliphatic heterocycles. The van der Waals surface area contributed by atoms with Crippen LogP contribution in [-0.2, 0) is 4.79 Å². The Balaban J connectivity index is 1.42. The number of hydrogen-bond donors (Lipinski definition) is 0. The molecule has 148 valence electrons. The number of para-hydroxylation sites is 1. The van der Waals surface area contributed by atoms with E-state index >= 15 is 0 Å². The number of nitrogens with zero attached hydrogens (tertiary/aromatic N) is 4. The first kappa shape index (κ1) is 18.8. The number of rotatable bonds is 5. The third kappa shape index (κ3) is 3.69. The van der Waals surface area contributed by atoms with Gasteiger partial charge < -0.3 is 9.47 Å². The lowest BCUT2D eigenvalue weighted by molar-refractivity contribution is -0.116. The standard InChI is InChI=1S/C22H22N4OS2/c1-15-23-24-22(25(15)17-11-12-17)29-14-21(27)26-18-9-5-6-10-20(18)28-13-19(26)16-7-3-2-4-8-16/h2-10,17,19H,11-14H2,1H3/t19-/m0/s1. The fourth-order valence-corrected chi connectivity index (χ4v) is 5.89. The molecule has 3 aromatic rings. The summed E-state index contributed by atoms with van der Waals surface area (Å²) in [7, 11) is 0. The largest absolute Gasteiger partial charge is 0.303 e. The van der Waals surface area contributed by atoms with Gasteiger partial charge >= 0.3 is 0 Å². The number of amides is 1. The lowest BCUT2D eigenvalue weighted by atomic mass is 10.1. The quantitative estimate of drug-likeness (QED) is 0.548.